The van der Waals surface area contributed by atoms with Gasteiger partial charge in [0.2, 0.25) is 12.3 Å². The first kappa shape index (κ1) is 15.6. The largest absolute Gasteiger partial charge is 0.481 e. The number of hydroxylamine groups is 2. The lowest BCUT2D eigenvalue weighted by molar-refractivity contribution is -0.195. The fourth-order valence-electron chi connectivity index (χ4n) is 1.57. The number of carbonyl (C=O) groups excluding carboxylic acids is 2. The van der Waals surface area contributed by atoms with Crippen molar-refractivity contribution in [1.82, 2.24) is 5.06 Å². The monoisotopic (exact) mass is 280 g/mol. The van der Waals surface area contributed by atoms with Crippen LogP contribution in [0, 0.1) is 0 Å². The Morgan fingerprint density at radius 1 is 1.35 bits per heavy atom. The van der Waals surface area contributed by atoms with Crippen LogP contribution in [0.25, 0.3) is 0 Å². The maximum atomic E-state index is 11.3. The fourth-order valence-corrected chi connectivity index (χ4v) is 1.57. The van der Waals surface area contributed by atoms with Gasteiger partial charge in [-0.3, -0.25) is 19.2 Å². The Labute approximate surface area is 115 Å². The van der Waals surface area contributed by atoms with Crippen LogP contribution in [-0.2, 0) is 25.8 Å². The van der Waals surface area contributed by atoms with Crippen molar-refractivity contribution in [1.29, 1.82) is 0 Å². The quantitative estimate of drug-likeness (QED) is 0.499. The minimum absolute atomic E-state index is 0.0798. The predicted molar refractivity (Wildman–Crippen MR) is 69.0 cm³/mol. The number of hydrogen-bond donors (Lipinski definition) is 2. The van der Waals surface area contributed by atoms with Gasteiger partial charge in [0.1, 0.15) is 12.6 Å². The number of hydrogen-bond acceptors (Lipinski definition) is 4. The standard InChI is InChI=1S/C13H16N2O5/c14-13(19)11(6-7-12(17)18)15(9-16)20-8-10-4-2-1-3-5-10/h1-5,9,11H,6-8H2,(H2,14,19)(H,17,18)/t11-/m0/s1. The van der Waals surface area contributed by atoms with E-state index in [2.05, 4.69) is 0 Å². The number of carboxylic acid groups (broad SMARTS) is 1. The number of carbonyl (C=O) groups is 3. The Bertz CT molecular complexity index is 463. The summed E-state index contributed by atoms with van der Waals surface area (Å²) >= 11 is 0. The molecule has 0 bridgehead atoms. The zero-order valence-corrected chi connectivity index (χ0v) is 10.8. The summed E-state index contributed by atoms with van der Waals surface area (Å²) in [5.41, 5.74) is 5.96. The number of rotatable bonds is 9. The summed E-state index contributed by atoms with van der Waals surface area (Å²) in [5.74, 6) is -1.89. The number of amides is 2. The van der Waals surface area contributed by atoms with Crippen LogP contribution in [0.15, 0.2) is 30.3 Å². The lowest BCUT2D eigenvalue weighted by Gasteiger charge is -2.24. The maximum Gasteiger partial charge on any atom is 0.303 e. The molecule has 108 valence electrons. The molecule has 0 fully saturated rings. The van der Waals surface area contributed by atoms with Crippen LogP contribution in [0.2, 0.25) is 0 Å². The second-order valence-corrected chi connectivity index (χ2v) is 4.07. The highest BCUT2D eigenvalue weighted by Crippen LogP contribution is 2.09. The molecule has 0 radical (unpaired) electrons. The van der Waals surface area contributed by atoms with E-state index in [0.29, 0.717) is 6.41 Å². The molecule has 0 spiro atoms. The molecule has 1 rings (SSSR count). The van der Waals surface area contributed by atoms with E-state index in [9.17, 15) is 14.4 Å². The van der Waals surface area contributed by atoms with Gasteiger partial charge in [-0.2, -0.15) is 0 Å². The second kappa shape index (κ2) is 7.90. The molecular weight excluding hydrogens is 264 g/mol. The van der Waals surface area contributed by atoms with E-state index in [4.69, 9.17) is 15.7 Å². The van der Waals surface area contributed by atoms with Crippen molar-refractivity contribution in [3.05, 3.63) is 35.9 Å². The molecule has 0 saturated heterocycles. The highest BCUT2D eigenvalue weighted by molar-refractivity contribution is 5.82. The molecule has 0 unspecified atom stereocenters. The highest BCUT2D eigenvalue weighted by Gasteiger charge is 2.24. The molecule has 0 aliphatic carbocycles. The molecule has 20 heavy (non-hydrogen) atoms. The first-order chi connectivity index (χ1) is 9.54. The zero-order valence-electron chi connectivity index (χ0n) is 10.8. The van der Waals surface area contributed by atoms with Crippen LogP contribution in [0.3, 0.4) is 0 Å². The summed E-state index contributed by atoms with van der Waals surface area (Å²) < 4.78 is 0. The molecule has 1 atom stereocenters. The minimum atomic E-state index is -1.10. The van der Waals surface area contributed by atoms with E-state index in [1.165, 1.54) is 0 Å². The Balaban J connectivity index is 2.63. The van der Waals surface area contributed by atoms with Gasteiger partial charge in [0.25, 0.3) is 0 Å². The van der Waals surface area contributed by atoms with Crippen LogP contribution in [0.1, 0.15) is 18.4 Å². The van der Waals surface area contributed by atoms with Crippen molar-refractivity contribution < 1.29 is 24.3 Å². The van der Waals surface area contributed by atoms with Crippen LogP contribution in [0.4, 0.5) is 0 Å². The number of aliphatic carboxylic acids is 1. The molecule has 3 N–H and O–H groups in total. The molecule has 1 aromatic rings. The third-order valence-electron chi connectivity index (χ3n) is 2.59. The molecule has 0 aliphatic rings. The first-order valence-electron chi connectivity index (χ1n) is 5.96. The van der Waals surface area contributed by atoms with Gasteiger partial charge in [-0.05, 0) is 12.0 Å². The van der Waals surface area contributed by atoms with Gasteiger partial charge in [0.15, 0.2) is 0 Å². The minimum Gasteiger partial charge on any atom is -0.481 e. The number of nitrogens with two attached hydrogens (primary N) is 1. The molecule has 0 saturated carbocycles. The Hall–Kier alpha value is -2.41. The molecule has 1 aromatic carbocycles. The van der Waals surface area contributed by atoms with Crippen molar-refractivity contribution >= 4 is 18.3 Å². The van der Waals surface area contributed by atoms with Crippen LogP contribution < -0.4 is 5.73 Å². The van der Waals surface area contributed by atoms with E-state index in [1.54, 1.807) is 24.3 Å². The third kappa shape index (κ3) is 5.07. The summed E-state index contributed by atoms with van der Waals surface area (Å²) in [5, 5.41) is 9.37. The van der Waals surface area contributed by atoms with Gasteiger partial charge in [0, 0.05) is 6.42 Å². The van der Waals surface area contributed by atoms with E-state index in [-0.39, 0.29) is 19.4 Å². The predicted octanol–water partition coefficient (Wildman–Crippen LogP) is 0.295. The normalized spacial score (nSPS) is 11.6. The zero-order chi connectivity index (χ0) is 15.0. The van der Waals surface area contributed by atoms with E-state index in [1.807, 2.05) is 6.07 Å². The summed E-state index contributed by atoms with van der Waals surface area (Å²) in [4.78, 5) is 38.0. The van der Waals surface area contributed by atoms with Crippen molar-refractivity contribution in [2.75, 3.05) is 0 Å². The fraction of sp³-hybridized carbons (Fsp3) is 0.308. The summed E-state index contributed by atoms with van der Waals surface area (Å²) in [6.07, 6.45) is -0.0644. The number of nitrogens with zero attached hydrogens (tertiary/aromatic N) is 1. The number of benzene rings is 1. The average molecular weight is 280 g/mol. The molecule has 7 heteroatoms. The van der Waals surface area contributed by atoms with Crippen molar-refractivity contribution in [3.63, 3.8) is 0 Å². The van der Waals surface area contributed by atoms with Gasteiger partial charge in [-0.15, -0.1) is 0 Å². The Morgan fingerprint density at radius 2 is 2.00 bits per heavy atom. The van der Waals surface area contributed by atoms with Gasteiger partial charge < -0.3 is 10.8 Å². The Kier molecular flexibility index (Phi) is 6.18. The number of primary amides is 1. The smallest absolute Gasteiger partial charge is 0.303 e. The molecule has 0 aromatic heterocycles. The number of carboxylic acids is 1. The van der Waals surface area contributed by atoms with Gasteiger partial charge in [-0.1, -0.05) is 30.3 Å². The maximum absolute atomic E-state index is 11.3. The Morgan fingerprint density at radius 3 is 2.50 bits per heavy atom. The van der Waals surface area contributed by atoms with E-state index in [0.717, 1.165) is 10.6 Å². The molecule has 0 heterocycles. The van der Waals surface area contributed by atoms with Crippen LogP contribution in [0.5, 0.6) is 0 Å². The van der Waals surface area contributed by atoms with Crippen LogP contribution in [-0.4, -0.2) is 34.5 Å². The lowest BCUT2D eigenvalue weighted by atomic mass is 10.1. The van der Waals surface area contributed by atoms with Gasteiger partial charge in [0.05, 0.1) is 0 Å². The lowest BCUT2D eigenvalue weighted by Crippen LogP contribution is -2.44. The third-order valence-corrected chi connectivity index (χ3v) is 2.59. The van der Waals surface area contributed by atoms with Crippen molar-refractivity contribution in [2.45, 2.75) is 25.5 Å². The molecule has 2 amide bonds. The summed E-state index contributed by atoms with van der Waals surface area (Å²) in [6.45, 7) is 0.0798. The van der Waals surface area contributed by atoms with E-state index >= 15 is 0 Å². The van der Waals surface area contributed by atoms with Crippen LogP contribution >= 0.6 is 0 Å². The summed E-state index contributed by atoms with van der Waals surface area (Å²) in [7, 11) is 0. The van der Waals surface area contributed by atoms with Gasteiger partial charge >= 0.3 is 5.97 Å². The van der Waals surface area contributed by atoms with E-state index < -0.39 is 17.9 Å². The van der Waals surface area contributed by atoms with Gasteiger partial charge in [-0.25, -0.2) is 5.06 Å². The molecule has 0 aliphatic heterocycles. The SMILES string of the molecule is NC(=O)[C@H](CCC(=O)O)N(C=O)OCc1ccccc1. The second-order valence-electron chi connectivity index (χ2n) is 4.07. The first-order valence-corrected chi connectivity index (χ1v) is 5.96. The van der Waals surface area contributed by atoms with Crippen molar-refractivity contribution in [2.24, 2.45) is 5.73 Å². The molecular formula is C13H16N2O5. The summed E-state index contributed by atoms with van der Waals surface area (Å²) in [6, 6.07) is 7.92. The topological polar surface area (TPSA) is 110 Å². The molecule has 7 nitrogen and oxygen atoms in total. The average Bonchev–Trinajstić information content (AvgIpc) is 2.42. The van der Waals surface area contributed by atoms with Crippen molar-refractivity contribution in [3.8, 4) is 0 Å². The highest BCUT2D eigenvalue weighted by atomic mass is 16.7.